The van der Waals surface area contributed by atoms with E-state index in [1.165, 1.54) is 11.1 Å². The van der Waals surface area contributed by atoms with Gasteiger partial charge in [-0.05, 0) is 31.4 Å². The van der Waals surface area contributed by atoms with Crippen molar-refractivity contribution >= 4 is 5.78 Å². The van der Waals surface area contributed by atoms with Gasteiger partial charge in [0, 0.05) is 17.4 Å². The number of Topliss-reactive ketones (excluding diaryl/α,β-unsaturated/α-hetero) is 1. The molecule has 2 rings (SSSR count). The molecule has 1 aliphatic rings. The van der Waals surface area contributed by atoms with Crippen LogP contribution >= 0.6 is 0 Å². The van der Waals surface area contributed by atoms with Gasteiger partial charge in [-0.3, -0.25) is 0 Å². The predicted molar refractivity (Wildman–Crippen MR) is 74.8 cm³/mol. The molecule has 1 aromatic carbocycles. The van der Waals surface area contributed by atoms with Crippen molar-refractivity contribution in [3.05, 3.63) is 29.3 Å². The summed E-state index contributed by atoms with van der Waals surface area (Å²) in [5.41, 5.74) is 2.45. The van der Waals surface area contributed by atoms with Crippen molar-refractivity contribution < 1.29 is 14.3 Å². The van der Waals surface area contributed by atoms with Crippen LogP contribution in [0.2, 0.25) is 0 Å². The minimum atomic E-state index is -0.0395. The molecule has 0 aromatic heterocycles. The number of carbonyl (C=O) groups is 1. The maximum Gasteiger partial charge on any atom is 0.129 e. The Labute approximate surface area is 114 Å². The summed E-state index contributed by atoms with van der Waals surface area (Å²) in [6, 6.07) is 6.34. The van der Waals surface area contributed by atoms with Crippen molar-refractivity contribution in [1.29, 1.82) is 0 Å². The summed E-state index contributed by atoms with van der Waals surface area (Å²) in [6.07, 6.45) is 2.44. The Morgan fingerprint density at radius 2 is 2.16 bits per heavy atom. The lowest BCUT2D eigenvalue weighted by Crippen LogP contribution is -2.47. The molecule has 0 aliphatic carbocycles. The van der Waals surface area contributed by atoms with Gasteiger partial charge < -0.3 is 14.3 Å². The van der Waals surface area contributed by atoms with Crippen LogP contribution in [-0.4, -0.2) is 26.1 Å². The molecule has 1 fully saturated rings. The van der Waals surface area contributed by atoms with Crippen LogP contribution in [0.25, 0.3) is 0 Å². The summed E-state index contributed by atoms with van der Waals surface area (Å²) in [7, 11) is 1.70. The van der Waals surface area contributed by atoms with Crippen LogP contribution in [0.3, 0.4) is 0 Å². The molecule has 1 saturated heterocycles. The SMILES string of the molecule is CCc1ccc(OC)c(C2(CCC(C)=O)COC2)c1. The lowest BCUT2D eigenvalue weighted by Gasteiger charge is -2.42. The number of hydrogen-bond donors (Lipinski definition) is 0. The number of aryl methyl sites for hydroxylation is 1. The molecule has 1 aliphatic heterocycles. The molecule has 0 unspecified atom stereocenters. The van der Waals surface area contributed by atoms with Crippen molar-refractivity contribution in [1.82, 2.24) is 0 Å². The highest BCUT2D eigenvalue weighted by molar-refractivity contribution is 5.75. The third-order valence-electron chi connectivity index (χ3n) is 3.96. The molecule has 0 bridgehead atoms. The zero-order valence-electron chi connectivity index (χ0n) is 12.0. The van der Waals surface area contributed by atoms with Gasteiger partial charge in [0.25, 0.3) is 0 Å². The molecule has 3 nitrogen and oxygen atoms in total. The molecule has 1 heterocycles. The van der Waals surface area contributed by atoms with E-state index in [0.717, 1.165) is 18.6 Å². The first kappa shape index (κ1) is 14.1. The van der Waals surface area contributed by atoms with Gasteiger partial charge in [-0.15, -0.1) is 0 Å². The van der Waals surface area contributed by atoms with Gasteiger partial charge in [-0.1, -0.05) is 19.1 Å². The topological polar surface area (TPSA) is 35.5 Å². The predicted octanol–water partition coefficient (Wildman–Crippen LogP) is 2.89. The molecule has 1 aromatic rings. The first-order valence-corrected chi connectivity index (χ1v) is 6.86. The Balaban J connectivity index is 2.33. The third kappa shape index (κ3) is 2.81. The molecule has 3 heteroatoms. The molecule has 0 radical (unpaired) electrons. The molecule has 0 saturated carbocycles. The normalized spacial score (nSPS) is 16.8. The van der Waals surface area contributed by atoms with Crippen LogP contribution < -0.4 is 4.74 Å². The fourth-order valence-corrected chi connectivity index (χ4v) is 2.59. The molecular weight excluding hydrogens is 240 g/mol. The Bertz CT molecular complexity index is 461. The second-order valence-electron chi connectivity index (χ2n) is 5.36. The molecule has 0 atom stereocenters. The molecule has 0 spiro atoms. The van der Waals surface area contributed by atoms with Crippen LogP contribution in [0, 0.1) is 0 Å². The van der Waals surface area contributed by atoms with E-state index in [0.29, 0.717) is 19.6 Å². The Morgan fingerprint density at radius 3 is 2.63 bits per heavy atom. The van der Waals surface area contributed by atoms with Crippen LogP contribution in [0.5, 0.6) is 5.75 Å². The fourth-order valence-electron chi connectivity index (χ4n) is 2.59. The summed E-state index contributed by atoms with van der Waals surface area (Å²) in [5, 5.41) is 0. The van der Waals surface area contributed by atoms with Crippen LogP contribution in [0.15, 0.2) is 18.2 Å². The number of carbonyl (C=O) groups excluding carboxylic acids is 1. The van der Waals surface area contributed by atoms with Crippen molar-refractivity contribution in [3.8, 4) is 5.75 Å². The van der Waals surface area contributed by atoms with Crippen LogP contribution in [-0.2, 0) is 21.4 Å². The zero-order chi connectivity index (χ0) is 13.9. The summed E-state index contributed by atoms with van der Waals surface area (Å²) < 4.78 is 10.9. The second kappa shape index (κ2) is 5.74. The fraction of sp³-hybridized carbons (Fsp3) is 0.562. The van der Waals surface area contributed by atoms with Gasteiger partial charge in [0.15, 0.2) is 0 Å². The van der Waals surface area contributed by atoms with E-state index < -0.39 is 0 Å². The average Bonchev–Trinajstić information content (AvgIpc) is 2.37. The van der Waals surface area contributed by atoms with Crippen molar-refractivity contribution in [2.75, 3.05) is 20.3 Å². The lowest BCUT2D eigenvalue weighted by molar-refractivity contribution is -0.119. The van der Waals surface area contributed by atoms with Crippen molar-refractivity contribution in [2.24, 2.45) is 0 Å². The Hall–Kier alpha value is -1.35. The first-order chi connectivity index (χ1) is 9.11. The quantitative estimate of drug-likeness (QED) is 0.790. The summed E-state index contributed by atoms with van der Waals surface area (Å²) in [6.45, 7) is 5.16. The highest BCUT2D eigenvalue weighted by Gasteiger charge is 2.42. The number of methoxy groups -OCH3 is 1. The molecule has 19 heavy (non-hydrogen) atoms. The van der Waals surface area contributed by atoms with Gasteiger partial charge in [0.05, 0.1) is 20.3 Å². The summed E-state index contributed by atoms with van der Waals surface area (Å²) in [5.74, 6) is 1.14. The smallest absolute Gasteiger partial charge is 0.129 e. The second-order valence-corrected chi connectivity index (χ2v) is 5.36. The van der Waals surface area contributed by atoms with E-state index >= 15 is 0 Å². The van der Waals surface area contributed by atoms with Gasteiger partial charge in [-0.2, -0.15) is 0 Å². The van der Waals surface area contributed by atoms with E-state index in [-0.39, 0.29) is 11.2 Å². The monoisotopic (exact) mass is 262 g/mol. The van der Waals surface area contributed by atoms with E-state index in [2.05, 4.69) is 19.1 Å². The number of ketones is 1. The summed E-state index contributed by atoms with van der Waals surface area (Å²) in [4.78, 5) is 11.3. The highest BCUT2D eigenvalue weighted by Crippen LogP contribution is 2.42. The van der Waals surface area contributed by atoms with Gasteiger partial charge in [0.1, 0.15) is 11.5 Å². The lowest BCUT2D eigenvalue weighted by atomic mass is 9.73. The zero-order valence-corrected chi connectivity index (χ0v) is 12.0. The van der Waals surface area contributed by atoms with Crippen LogP contribution in [0.4, 0.5) is 0 Å². The van der Waals surface area contributed by atoms with Crippen molar-refractivity contribution in [3.63, 3.8) is 0 Å². The molecule has 0 amide bonds. The number of hydrogen-bond acceptors (Lipinski definition) is 3. The number of ether oxygens (including phenoxy) is 2. The first-order valence-electron chi connectivity index (χ1n) is 6.86. The number of rotatable bonds is 6. The molecule has 104 valence electrons. The Morgan fingerprint density at radius 1 is 1.42 bits per heavy atom. The van der Waals surface area contributed by atoms with E-state index in [4.69, 9.17) is 9.47 Å². The highest BCUT2D eigenvalue weighted by atomic mass is 16.5. The standard InChI is InChI=1S/C16H22O3/c1-4-13-5-6-15(18-3)14(9-13)16(10-19-11-16)8-7-12(2)17/h5-6,9H,4,7-8,10-11H2,1-3H3. The number of benzene rings is 1. The van der Waals surface area contributed by atoms with Crippen LogP contribution in [0.1, 0.15) is 37.8 Å². The average molecular weight is 262 g/mol. The third-order valence-corrected chi connectivity index (χ3v) is 3.96. The van der Waals surface area contributed by atoms with E-state index in [1.54, 1.807) is 14.0 Å². The largest absolute Gasteiger partial charge is 0.496 e. The van der Waals surface area contributed by atoms with Gasteiger partial charge in [-0.25, -0.2) is 0 Å². The van der Waals surface area contributed by atoms with E-state index in [9.17, 15) is 4.79 Å². The van der Waals surface area contributed by atoms with Gasteiger partial charge in [0.2, 0.25) is 0 Å². The molecule has 0 N–H and O–H groups in total. The molecular formula is C16H22O3. The Kier molecular flexibility index (Phi) is 4.25. The maximum atomic E-state index is 11.3. The minimum Gasteiger partial charge on any atom is -0.496 e. The maximum absolute atomic E-state index is 11.3. The summed E-state index contributed by atoms with van der Waals surface area (Å²) >= 11 is 0. The minimum absolute atomic E-state index is 0.0395. The van der Waals surface area contributed by atoms with Crippen molar-refractivity contribution in [2.45, 2.75) is 38.5 Å². The van der Waals surface area contributed by atoms with E-state index in [1.807, 2.05) is 6.07 Å². The van der Waals surface area contributed by atoms with Gasteiger partial charge >= 0.3 is 0 Å².